The molecular weight excluding hydrogens is 278 g/mol. The summed E-state index contributed by atoms with van der Waals surface area (Å²) in [5.74, 6) is 0.796. The maximum Gasteiger partial charge on any atom is 0.100 e. The summed E-state index contributed by atoms with van der Waals surface area (Å²) in [7, 11) is 0. The highest BCUT2D eigenvalue weighted by atomic mass is 79.9. The average Bonchev–Trinajstić information content (AvgIpc) is 2.90. The molecular formula is C13H14BrN3. The Hall–Kier alpha value is -1.05. The van der Waals surface area contributed by atoms with Crippen molar-refractivity contribution >= 4 is 21.6 Å². The molecule has 0 saturated carbocycles. The normalized spacial score (nSPS) is 26.9. The van der Waals surface area contributed by atoms with Gasteiger partial charge in [-0.2, -0.15) is 5.26 Å². The number of nitrogens with zero attached hydrogens (tertiary/aromatic N) is 2. The summed E-state index contributed by atoms with van der Waals surface area (Å²) in [4.78, 5) is 2.47. The van der Waals surface area contributed by atoms with Crippen LogP contribution in [-0.4, -0.2) is 25.7 Å². The summed E-state index contributed by atoms with van der Waals surface area (Å²) in [6, 6.07) is 8.84. The minimum atomic E-state index is 0.634. The van der Waals surface area contributed by atoms with E-state index in [4.69, 9.17) is 5.26 Å². The van der Waals surface area contributed by atoms with Gasteiger partial charge < -0.3 is 10.2 Å². The Kier molecular flexibility index (Phi) is 2.81. The Morgan fingerprint density at radius 1 is 1.41 bits per heavy atom. The third-order valence-electron chi connectivity index (χ3n) is 3.85. The van der Waals surface area contributed by atoms with Gasteiger partial charge in [0.05, 0.1) is 5.56 Å². The van der Waals surface area contributed by atoms with Crippen LogP contribution in [0.2, 0.25) is 0 Å². The van der Waals surface area contributed by atoms with Crippen LogP contribution in [0.3, 0.4) is 0 Å². The zero-order valence-electron chi connectivity index (χ0n) is 9.49. The highest BCUT2D eigenvalue weighted by Crippen LogP contribution is 2.33. The predicted molar refractivity (Wildman–Crippen MR) is 71.0 cm³/mol. The van der Waals surface area contributed by atoms with Crippen LogP contribution in [-0.2, 0) is 0 Å². The van der Waals surface area contributed by atoms with Crippen molar-refractivity contribution in [1.82, 2.24) is 5.32 Å². The minimum absolute atomic E-state index is 0.634. The van der Waals surface area contributed by atoms with E-state index in [1.54, 1.807) is 0 Å². The molecule has 2 heterocycles. The Morgan fingerprint density at radius 2 is 2.29 bits per heavy atom. The van der Waals surface area contributed by atoms with E-state index in [2.05, 4.69) is 44.3 Å². The van der Waals surface area contributed by atoms with Crippen LogP contribution >= 0.6 is 15.9 Å². The van der Waals surface area contributed by atoms with Gasteiger partial charge in [-0.25, -0.2) is 0 Å². The molecule has 2 atom stereocenters. The van der Waals surface area contributed by atoms with E-state index >= 15 is 0 Å². The summed E-state index contributed by atoms with van der Waals surface area (Å²) in [6.45, 7) is 3.37. The average molecular weight is 292 g/mol. The number of anilines is 1. The van der Waals surface area contributed by atoms with Gasteiger partial charge in [0.15, 0.2) is 0 Å². The molecule has 2 aliphatic heterocycles. The van der Waals surface area contributed by atoms with E-state index in [9.17, 15) is 0 Å². The Morgan fingerprint density at radius 3 is 3.06 bits per heavy atom. The number of hydrogen-bond donors (Lipinski definition) is 1. The van der Waals surface area contributed by atoms with Gasteiger partial charge in [0.1, 0.15) is 6.07 Å². The molecule has 4 heteroatoms. The zero-order valence-corrected chi connectivity index (χ0v) is 11.1. The molecule has 0 amide bonds. The maximum absolute atomic E-state index is 8.92. The van der Waals surface area contributed by atoms with Crippen LogP contribution in [0.4, 0.5) is 5.69 Å². The fourth-order valence-corrected chi connectivity index (χ4v) is 3.40. The summed E-state index contributed by atoms with van der Waals surface area (Å²) >= 11 is 3.46. The summed E-state index contributed by atoms with van der Waals surface area (Å²) in [5, 5.41) is 12.4. The van der Waals surface area contributed by atoms with E-state index < -0.39 is 0 Å². The van der Waals surface area contributed by atoms with Gasteiger partial charge in [-0.15, -0.1) is 0 Å². The van der Waals surface area contributed by atoms with Gasteiger partial charge in [-0.1, -0.05) is 0 Å². The Bertz CT molecular complexity index is 480. The highest BCUT2D eigenvalue weighted by Gasteiger charge is 2.37. The first kappa shape index (κ1) is 11.1. The Balaban J connectivity index is 1.90. The number of rotatable bonds is 1. The first-order valence-electron chi connectivity index (χ1n) is 5.96. The van der Waals surface area contributed by atoms with Crippen molar-refractivity contribution in [3.63, 3.8) is 0 Å². The molecule has 0 bridgehead atoms. The van der Waals surface area contributed by atoms with Crippen molar-refractivity contribution in [2.45, 2.75) is 12.5 Å². The van der Waals surface area contributed by atoms with Gasteiger partial charge >= 0.3 is 0 Å². The number of hydrogen-bond acceptors (Lipinski definition) is 3. The first-order valence-corrected chi connectivity index (χ1v) is 6.76. The summed E-state index contributed by atoms with van der Waals surface area (Å²) in [6.07, 6.45) is 1.27. The lowest BCUT2D eigenvalue weighted by Crippen LogP contribution is -2.34. The molecule has 2 aliphatic rings. The van der Waals surface area contributed by atoms with Crippen LogP contribution in [0.5, 0.6) is 0 Å². The van der Waals surface area contributed by atoms with Crippen molar-refractivity contribution in [2.24, 2.45) is 5.92 Å². The molecule has 0 aliphatic carbocycles. The van der Waals surface area contributed by atoms with Gasteiger partial charge in [0.2, 0.25) is 0 Å². The van der Waals surface area contributed by atoms with Crippen LogP contribution in [0.25, 0.3) is 0 Å². The smallest absolute Gasteiger partial charge is 0.100 e. The Labute approximate surface area is 110 Å². The molecule has 1 N–H and O–H groups in total. The van der Waals surface area contributed by atoms with Gasteiger partial charge in [0.25, 0.3) is 0 Å². The quantitative estimate of drug-likeness (QED) is 0.861. The van der Waals surface area contributed by atoms with Crippen LogP contribution < -0.4 is 10.2 Å². The first-order chi connectivity index (χ1) is 8.29. The molecule has 0 aromatic heterocycles. The summed E-state index contributed by atoms with van der Waals surface area (Å²) < 4.78 is 0.895. The second-order valence-electron chi connectivity index (χ2n) is 4.74. The standard InChI is InChI=1S/C13H14BrN3/c14-12-5-11(2-1-9(12)6-15)17-4-3-10-7-16-8-13(10)17/h1-2,5,10,13,16H,3-4,7-8H2/t10-,13+/m0/s1. The van der Waals surface area contributed by atoms with Crippen LogP contribution in [0.1, 0.15) is 12.0 Å². The van der Waals surface area contributed by atoms with E-state index in [1.165, 1.54) is 12.1 Å². The molecule has 3 nitrogen and oxygen atoms in total. The zero-order chi connectivity index (χ0) is 11.8. The molecule has 0 unspecified atom stereocenters. The van der Waals surface area contributed by atoms with Crippen LogP contribution in [0.15, 0.2) is 22.7 Å². The molecule has 0 radical (unpaired) electrons. The lowest BCUT2D eigenvalue weighted by molar-refractivity contribution is 0.578. The highest BCUT2D eigenvalue weighted by molar-refractivity contribution is 9.10. The van der Waals surface area contributed by atoms with Crippen molar-refractivity contribution in [2.75, 3.05) is 24.5 Å². The molecule has 1 aromatic carbocycles. The largest absolute Gasteiger partial charge is 0.367 e. The third-order valence-corrected chi connectivity index (χ3v) is 4.51. The molecule has 1 aromatic rings. The molecule has 17 heavy (non-hydrogen) atoms. The van der Waals surface area contributed by atoms with E-state index in [-0.39, 0.29) is 0 Å². The second-order valence-corrected chi connectivity index (χ2v) is 5.60. The molecule has 2 saturated heterocycles. The summed E-state index contributed by atoms with van der Waals surface area (Å²) in [5.41, 5.74) is 1.93. The molecule has 0 spiro atoms. The van der Waals surface area contributed by atoms with Crippen molar-refractivity contribution in [1.29, 1.82) is 5.26 Å². The van der Waals surface area contributed by atoms with Crippen molar-refractivity contribution in [3.8, 4) is 6.07 Å². The van der Waals surface area contributed by atoms with Crippen molar-refractivity contribution < 1.29 is 0 Å². The second kappa shape index (κ2) is 4.32. The number of nitriles is 1. The predicted octanol–water partition coefficient (Wildman–Crippen LogP) is 2.12. The van der Waals surface area contributed by atoms with Gasteiger partial charge in [0, 0.05) is 35.8 Å². The van der Waals surface area contributed by atoms with E-state index in [1.807, 2.05) is 6.07 Å². The SMILES string of the molecule is N#Cc1ccc(N2CC[C@H]3CNC[C@H]32)cc1Br. The van der Waals surface area contributed by atoms with Crippen molar-refractivity contribution in [3.05, 3.63) is 28.2 Å². The molecule has 3 rings (SSSR count). The number of benzene rings is 1. The number of halogens is 1. The maximum atomic E-state index is 8.92. The number of fused-ring (bicyclic) bond motifs is 1. The topological polar surface area (TPSA) is 39.1 Å². The van der Waals surface area contributed by atoms with E-state index in [0.29, 0.717) is 11.6 Å². The fraction of sp³-hybridized carbons (Fsp3) is 0.462. The minimum Gasteiger partial charge on any atom is -0.367 e. The lowest BCUT2D eigenvalue weighted by atomic mass is 10.0. The van der Waals surface area contributed by atoms with Gasteiger partial charge in [-0.3, -0.25) is 0 Å². The molecule has 88 valence electrons. The fourth-order valence-electron chi connectivity index (χ4n) is 2.94. The monoisotopic (exact) mass is 291 g/mol. The van der Waals surface area contributed by atoms with Crippen LogP contribution in [0, 0.1) is 17.2 Å². The number of nitrogens with one attached hydrogen (secondary N) is 1. The third kappa shape index (κ3) is 1.84. The lowest BCUT2D eigenvalue weighted by Gasteiger charge is -2.26. The molecule has 2 fully saturated rings. The van der Waals surface area contributed by atoms with Gasteiger partial charge in [-0.05, 0) is 46.5 Å². The van der Waals surface area contributed by atoms with E-state index in [0.717, 1.165) is 30.0 Å².